The van der Waals surface area contributed by atoms with Gasteiger partial charge in [-0.3, -0.25) is 14.9 Å². The predicted molar refractivity (Wildman–Crippen MR) is 107 cm³/mol. The van der Waals surface area contributed by atoms with Gasteiger partial charge in [0.25, 0.3) is 0 Å². The number of nitrogens with zero attached hydrogens (tertiary/aromatic N) is 3. The summed E-state index contributed by atoms with van der Waals surface area (Å²) in [5, 5.41) is 12.8. The van der Waals surface area contributed by atoms with Gasteiger partial charge in [0, 0.05) is 6.20 Å². The van der Waals surface area contributed by atoms with Crippen LogP contribution in [0.2, 0.25) is 0 Å². The topological polar surface area (TPSA) is 108 Å². The highest BCUT2D eigenvalue weighted by Crippen LogP contribution is 2.25. The lowest BCUT2D eigenvalue weighted by Gasteiger charge is -2.12. The molecule has 0 aliphatic rings. The zero-order valence-corrected chi connectivity index (χ0v) is 17.0. The summed E-state index contributed by atoms with van der Waals surface area (Å²) in [5.74, 6) is -0.892. The molecule has 2 heterocycles. The molecule has 170 valence electrons. The SMILES string of the molecule is CC(C)OC(=O)Nc1cnccc1Cn1cc(O)n(-c2ccc(OC(F)(F)F)cc2)c1=O. The van der Waals surface area contributed by atoms with E-state index in [4.69, 9.17) is 4.74 Å². The summed E-state index contributed by atoms with van der Waals surface area (Å²) in [6.07, 6.45) is -1.85. The quantitative estimate of drug-likeness (QED) is 0.591. The van der Waals surface area contributed by atoms with E-state index in [9.17, 15) is 27.9 Å². The predicted octanol–water partition coefficient (Wildman–Crippen LogP) is 3.64. The van der Waals surface area contributed by atoms with Crippen LogP contribution in [-0.4, -0.2) is 37.8 Å². The van der Waals surface area contributed by atoms with Gasteiger partial charge in [-0.05, 0) is 49.7 Å². The van der Waals surface area contributed by atoms with Gasteiger partial charge < -0.3 is 14.6 Å². The van der Waals surface area contributed by atoms with Crippen molar-refractivity contribution in [3.05, 3.63) is 65.0 Å². The number of aromatic nitrogens is 3. The fourth-order valence-corrected chi connectivity index (χ4v) is 2.84. The Hall–Kier alpha value is -3.96. The third-order valence-corrected chi connectivity index (χ3v) is 4.10. The second kappa shape index (κ2) is 9.04. The van der Waals surface area contributed by atoms with Crippen LogP contribution in [0.15, 0.2) is 53.7 Å². The maximum absolute atomic E-state index is 12.8. The lowest BCUT2D eigenvalue weighted by molar-refractivity contribution is -0.274. The summed E-state index contributed by atoms with van der Waals surface area (Å²) in [7, 11) is 0. The highest BCUT2D eigenvalue weighted by Gasteiger charge is 2.31. The number of imidazole rings is 1. The molecule has 0 aliphatic heterocycles. The number of ether oxygens (including phenoxy) is 2. The number of halogens is 3. The van der Waals surface area contributed by atoms with E-state index in [0.29, 0.717) is 11.3 Å². The van der Waals surface area contributed by atoms with Crippen molar-refractivity contribution in [1.29, 1.82) is 0 Å². The lowest BCUT2D eigenvalue weighted by Crippen LogP contribution is -2.24. The minimum absolute atomic E-state index is 0.0333. The Morgan fingerprint density at radius 3 is 2.53 bits per heavy atom. The second-order valence-electron chi connectivity index (χ2n) is 6.89. The number of carbonyl (C=O) groups is 1. The maximum Gasteiger partial charge on any atom is 0.573 e. The third kappa shape index (κ3) is 5.59. The molecule has 0 unspecified atom stereocenters. The molecule has 0 radical (unpaired) electrons. The summed E-state index contributed by atoms with van der Waals surface area (Å²) in [6, 6.07) is 6.03. The molecule has 2 N–H and O–H groups in total. The molecular weight excluding hydrogens is 433 g/mol. The van der Waals surface area contributed by atoms with Gasteiger partial charge in [0.05, 0.1) is 36.4 Å². The monoisotopic (exact) mass is 452 g/mol. The average Bonchev–Trinajstić information content (AvgIpc) is 2.95. The van der Waals surface area contributed by atoms with E-state index < -0.39 is 29.8 Å². The van der Waals surface area contributed by atoms with Crippen LogP contribution in [0.25, 0.3) is 5.69 Å². The maximum atomic E-state index is 12.8. The number of amides is 1. The van der Waals surface area contributed by atoms with E-state index in [1.807, 2.05) is 0 Å². The first-order valence-electron chi connectivity index (χ1n) is 9.31. The summed E-state index contributed by atoms with van der Waals surface area (Å²) >= 11 is 0. The minimum Gasteiger partial charge on any atom is -0.493 e. The molecule has 3 rings (SSSR count). The number of anilines is 1. The molecule has 9 nitrogen and oxygen atoms in total. The Balaban J connectivity index is 1.85. The minimum atomic E-state index is -4.85. The Labute approximate surface area is 179 Å². The van der Waals surface area contributed by atoms with Gasteiger partial charge in [-0.2, -0.15) is 0 Å². The van der Waals surface area contributed by atoms with Gasteiger partial charge in [-0.15, -0.1) is 13.2 Å². The molecule has 0 aliphatic carbocycles. The van der Waals surface area contributed by atoms with Gasteiger partial charge in [-0.1, -0.05) is 0 Å². The molecule has 0 bridgehead atoms. The molecule has 1 aromatic carbocycles. The largest absolute Gasteiger partial charge is 0.573 e. The molecule has 32 heavy (non-hydrogen) atoms. The molecule has 0 fully saturated rings. The standard InChI is InChI=1S/C20H19F3N4O5/c1-12(2)31-18(29)25-16-9-24-8-7-13(16)10-26-11-17(28)27(19(26)30)14-3-5-15(6-4-14)32-20(21,22)23/h3-9,11-12,28H,10H2,1-2H3,(H,25,29). The molecule has 0 saturated carbocycles. The number of benzene rings is 1. The molecule has 0 atom stereocenters. The first-order chi connectivity index (χ1) is 15.0. The van der Waals surface area contributed by atoms with Crippen molar-refractivity contribution in [2.45, 2.75) is 32.9 Å². The van der Waals surface area contributed by atoms with E-state index >= 15 is 0 Å². The van der Waals surface area contributed by atoms with Crippen LogP contribution < -0.4 is 15.7 Å². The van der Waals surface area contributed by atoms with Crippen molar-refractivity contribution < 1.29 is 32.5 Å². The Bertz CT molecular complexity index is 1150. The van der Waals surface area contributed by atoms with Crippen LogP contribution in [0.5, 0.6) is 11.6 Å². The molecule has 0 saturated heterocycles. The van der Waals surface area contributed by atoms with Crippen molar-refractivity contribution in [1.82, 2.24) is 14.1 Å². The molecule has 2 aromatic heterocycles. The molecule has 3 aromatic rings. The number of pyridine rings is 1. The van der Waals surface area contributed by atoms with Gasteiger partial charge in [0.15, 0.2) is 0 Å². The van der Waals surface area contributed by atoms with Crippen LogP contribution in [0.4, 0.5) is 23.7 Å². The normalized spacial score (nSPS) is 11.4. The molecule has 0 spiro atoms. The molecule has 1 amide bonds. The van der Waals surface area contributed by atoms with Gasteiger partial charge >= 0.3 is 18.1 Å². The fraction of sp³-hybridized carbons (Fsp3) is 0.250. The Kier molecular flexibility index (Phi) is 6.42. The number of carbonyl (C=O) groups excluding carboxylic acids is 1. The van der Waals surface area contributed by atoms with Gasteiger partial charge in [0.2, 0.25) is 5.88 Å². The van der Waals surface area contributed by atoms with E-state index in [1.54, 1.807) is 19.9 Å². The number of nitrogens with one attached hydrogen (secondary N) is 1. The van der Waals surface area contributed by atoms with E-state index in [0.717, 1.165) is 16.7 Å². The van der Waals surface area contributed by atoms with Crippen LogP contribution >= 0.6 is 0 Å². The highest BCUT2D eigenvalue weighted by molar-refractivity contribution is 5.85. The van der Waals surface area contributed by atoms with Crippen molar-refractivity contribution in [2.75, 3.05) is 5.32 Å². The van der Waals surface area contributed by atoms with Crippen molar-refractivity contribution in [3.8, 4) is 17.3 Å². The van der Waals surface area contributed by atoms with Crippen molar-refractivity contribution in [2.24, 2.45) is 0 Å². The van der Waals surface area contributed by atoms with E-state index in [1.165, 1.54) is 35.3 Å². The zero-order valence-electron chi connectivity index (χ0n) is 17.0. The van der Waals surface area contributed by atoms with Crippen LogP contribution in [0.3, 0.4) is 0 Å². The summed E-state index contributed by atoms with van der Waals surface area (Å²) in [6.45, 7) is 3.35. The number of aromatic hydroxyl groups is 1. The van der Waals surface area contributed by atoms with Crippen molar-refractivity contribution >= 4 is 11.8 Å². The number of hydrogen-bond acceptors (Lipinski definition) is 6. The molecule has 12 heteroatoms. The Morgan fingerprint density at radius 1 is 1.22 bits per heavy atom. The summed E-state index contributed by atoms with van der Waals surface area (Å²) < 4.78 is 47.9. The van der Waals surface area contributed by atoms with Crippen molar-refractivity contribution in [3.63, 3.8) is 0 Å². The fourth-order valence-electron chi connectivity index (χ4n) is 2.84. The lowest BCUT2D eigenvalue weighted by atomic mass is 10.2. The first kappa shape index (κ1) is 22.7. The van der Waals surface area contributed by atoms with Crippen LogP contribution in [0.1, 0.15) is 19.4 Å². The highest BCUT2D eigenvalue weighted by atomic mass is 19.4. The first-order valence-corrected chi connectivity index (χ1v) is 9.31. The van der Waals surface area contributed by atoms with Gasteiger partial charge in [0.1, 0.15) is 5.75 Å². The third-order valence-electron chi connectivity index (χ3n) is 4.10. The van der Waals surface area contributed by atoms with Gasteiger partial charge in [-0.25, -0.2) is 14.2 Å². The Morgan fingerprint density at radius 2 is 1.91 bits per heavy atom. The summed E-state index contributed by atoms with van der Waals surface area (Å²) in [5.41, 5.74) is 0.300. The zero-order chi connectivity index (χ0) is 23.5. The van der Waals surface area contributed by atoms with E-state index in [2.05, 4.69) is 15.0 Å². The second-order valence-corrected chi connectivity index (χ2v) is 6.89. The average molecular weight is 452 g/mol. The number of rotatable bonds is 6. The number of alkyl halides is 3. The molecular formula is C20H19F3N4O5. The number of hydrogen-bond donors (Lipinski definition) is 2. The van der Waals surface area contributed by atoms with E-state index in [-0.39, 0.29) is 18.3 Å². The van der Waals surface area contributed by atoms with Crippen LogP contribution in [-0.2, 0) is 11.3 Å². The summed E-state index contributed by atoms with van der Waals surface area (Å²) in [4.78, 5) is 28.7. The smallest absolute Gasteiger partial charge is 0.493 e. The van der Waals surface area contributed by atoms with Crippen LogP contribution in [0, 0.1) is 0 Å².